The normalized spacial score (nSPS) is 12.9. The van der Waals surface area contributed by atoms with Crippen molar-refractivity contribution in [2.45, 2.75) is 25.7 Å². The monoisotopic (exact) mass is 231 g/mol. The van der Waals surface area contributed by atoms with E-state index in [0.717, 1.165) is 30.5 Å². The Hall–Kier alpha value is -2.02. The molecule has 1 aliphatic rings. The van der Waals surface area contributed by atoms with Gasteiger partial charge in [-0.05, 0) is 30.9 Å². The molecule has 0 bridgehead atoms. The molecular weight excluding hydrogens is 218 g/mol. The SMILES string of the molecule is C#CCCOc1nc2c(cc1C(=O)O)CCC2. The zero-order chi connectivity index (χ0) is 12.3. The number of aromatic nitrogens is 1. The van der Waals surface area contributed by atoms with Crippen LogP contribution in [-0.4, -0.2) is 22.7 Å². The van der Waals surface area contributed by atoms with Crippen molar-refractivity contribution in [1.29, 1.82) is 0 Å². The van der Waals surface area contributed by atoms with Gasteiger partial charge in [0.05, 0.1) is 0 Å². The molecule has 1 aromatic rings. The maximum Gasteiger partial charge on any atom is 0.341 e. The lowest BCUT2D eigenvalue weighted by molar-refractivity contribution is 0.0691. The Bertz CT molecular complexity index is 488. The number of aryl methyl sites for hydroxylation is 2. The molecule has 2 rings (SSSR count). The summed E-state index contributed by atoms with van der Waals surface area (Å²) in [5.74, 6) is 1.62. The van der Waals surface area contributed by atoms with E-state index in [-0.39, 0.29) is 11.4 Å². The van der Waals surface area contributed by atoms with E-state index in [0.29, 0.717) is 13.0 Å². The van der Waals surface area contributed by atoms with Gasteiger partial charge in [0, 0.05) is 12.1 Å². The molecule has 1 aliphatic carbocycles. The number of carboxylic acids is 1. The predicted octanol–water partition coefficient (Wildman–Crippen LogP) is 1.67. The van der Waals surface area contributed by atoms with Gasteiger partial charge in [0.25, 0.3) is 0 Å². The van der Waals surface area contributed by atoms with E-state index in [1.807, 2.05) is 0 Å². The Kier molecular flexibility index (Phi) is 3.29. The number of carbonyl (C=O) groups is 1. The Morgan fingerprint density at radius 3 is 3.12 bits per heavy atom. The van der Waals surface area contributed by atoms with Crippen LogP contribution in [0.3, 0.4) is 0 Å². The summed E-state index contributed by atoms with van der Waals surface area (Å²) in [6.45, 7) is 0.294. The minimum atomic E-state index is -1.01. The van der Waals surface area contributed by atoms with Gasteiger partial charge in [-0.3, -0.25) is 0 Å². The van der Waals surface area contributed by atoms with E-state index < -0.39 is 5.97 Å². The van der Waals surface area contributed by atoms with Crippen LogP contribution in [-0.2, 0) is 12.8 Å². The van der Waals surface area contributed by atoms with Gasteiger partial charge < -0.3 is 9.84 Å². The van der Waals surface area contributed by atoms with Crippen LogP contribution in [0.15, 0.2) is 6.07 Å². The Labute approximate surface area is 99.6 Å². The van der Waals surface area contributed by atoms with Gasteiger partial charge >= 0.3 is 5.97 Å². The van der Waals surface area contributed by atoms with E-state index in [2.05, 4.69) is 10.9 Å². The zero-order valence-electron chi connectivity index (χ0n) is 9.40. The summed E-state index contributed by atoms with van der Waals surface area (Å²) in [5, 5.41) is 9.09. The van der Waals surface area contributed by atoms with E-state index in [1.165, 1.54) is 0 Å². The molecule has 1 aromatic heterocycles. The average molecular weight is 231 g/mol. The summed E-state index contributed by atoms with van der Waals surface area (Å²) < 4.78 is 5.33. The van der Waals surface area contributed by atoms with E-state index in [1.54, 1.807) is 6.07 Å². The van der Waals surface area contributed by atoms with Crippen LogP contribution in [0, 0.1) is 12.3 Å². The van der Waals surface area contributed by atoms with Crippen LogP contribution >= 0.6 is 0 Å². The molecule has 88 valence electrons. The fourth-order valence-corrected chi connectivity index (χ4v) is 1.92. The first-order valence-electron chi connectivity index (χ1n) is 5.54. The second kappa shape index (κ2) is 4.88. The molecule has 1 N–H and O–H groups in total. The van der Waals surface area contributed by atoms with Gasteiger partial charge in [-0.1, -0.05) is 0 Å². The van der Waals surface area contributed by atoms with Gasteiger partial charge in [0.15, 0.2) is 0 Å². The third-order valence-corrected chi connectivity index (χ3v) is 2.73. The lowest BCUT2D eigenvalue weighted by Crippen LogP contribution is -2.08. The molecule has 0 fully saturated rings. The summed E-state index contributed by atoms with van der Waals surface area (Å²) in [5.41, 5.74) is 2.10. The van der Waals surface area contributed by atoms with Gasteiger partial charge in [0.1, 0.15) is 12.2 Å². The quantitative estimate of drug-likeness (QED) is 0.632. The molecule has 0 aliphatic heterocycles. The fourth-order valence-electron chi connectivity index (χ4n) is 1.92. The van der Waals surface area contributed by atoms with Gasteiger partial charge in [-0.25, -0.2) is 9.78 Å². The number of carboxylic acid groups (broad SMARTS) is 1. The molecule has 0 aromatic carbocycles. The van der Waals surface area contributed by atoms with Crippen LogP contribution < -0.4 is 4.74 Å². The number of ether oxygens (including phenoxy) is 1. The first kappa shape index (κ1) is 11.5. The molecule has 4 heteroatoms. The Morgan fingerprint density at radius 2 is 2.41 bits per heavy atom. The van der Waals surface area contributed by atoms with Crippen LogP contribution in [0.5, 0.6) is 5.88 Å². The van der Waals surface area contributed by atoms with Gasteiger partial charge in [-0.2, -0.15) is 0 Å². The van der Waals surface area contributed by atoms with Gasteiger partial charge in [0.2, 0.25) is 5.88 Å². The highest BCUT2D eigenvalue weighted by Crippen LogP contribution is 2.26. The molecule has 0 spiro atoms. The van der Waals surface area contributed by atoms with Crippen molar-refractivity contribution in [1.82, 2.24) is 4.98 Å². The first-order chi connectivity index (χ1) is 8.22. The van der Waals surface area contributed by atoms with Crippen molar-refractivity contribution in [3.8, 4) is 18.2 Å². The molecule has 0 unspecified atom stereocenters. The molecule has 0 atom stereocenters. The minimum absolute atomic E-state index is 0.127. The summed E-state index contributed by atoms with van der Waals surface area (Å²) in [6.07, 6.45) is 8.36. The fraction of sp³-hybridized carbons (Fsp3) is 0.385. The zero-order valence-corrected chi connectivity index (χ0v) is 9.40. The van der Waals surface area contributed by atoms with Gasteiger partial charge in [-0.15, -0.1) is 12.3 Å². The lowest BCUT2D eigenvalue weighted by Gasteiger charge is -2.09. The maximum absolute atomic E-state index is 11.1. The highest BCUT2D eigenvalue weighted by atomic mass is 16.5. The minimum Gasteiger partial charge on any atom is -0.477 e. The lowest BCUT2D eigenvalue weighted by atomic mass is 10.1. The number of terminal acetylenes is 1. The number of hydrogen-bond donors (Lipinski definition) is 1. The average Bonchev–Trinajstić information content (AvgIpc) is 2.75. The highest BCUT2D eigenvalue weighted by Gasteiger charge is 2.20. The molecular formula is C13H13NO3. The predicted molar refractivity (Wildman–Crippen MR) is 62.2 cm³/mol. The number of nitrogens with zero attached hydrogens (tertiary/aromatic N) is 1. The second-order valence-electron chi connectivity index (χ2n) is 3.91. The maximum atomic E-state index is 11.1. The summed E-state index contributed by atoms with van der Waals surface area (Å²) >= 11 is 0. The molecule has 17 heavy (non-hydrogen) atoms. The largest absolute Gasteiger partial charge is 0.477 e. The summed E-state index contributed by atoms with van der Waals surface area (Å²) in [7, 11) is 0. The third-order valence-electron chi connectivity index (χ3n) is 2.73. The Balaban J connectivity index is 2.29. The topological polar surface area (TPSA) is 59.4 Å². The number of pyridine rings is 1. The van der Waals surface area contributed by atoms with Crippen LogP contribution in [0.4, 0.5) is 0 Å². The summed E-state index contributed by atoms with van der Waals surface area (Å²) in [6, 6.07) is 1.67. The van der Waals surface area contributed by atoms with Crippen LogP contribution in [0.1, 0.15) is 34.5 Å². The van der Waals surface area contributed by atoms with Crippen LogP contribution in [0.2, 0.25) is 0 Å². The molecule has 0 radical (unpaired) electrons. The highest BCUT2D eigenvalue weighted by molar-refractivity contribution is 5.90. The summed E-state index contributed by atoms with van der Waals surface area (Å²) in [4.78, 5) is 15.4. The van der Waals surface area contributed by atoms with Crippen molar-refractivity contribution >= 4 is 5.97 Å². The van der Waals surface area contributed by atoms with E-state index >= 15 is 0 Å². The molecule has 1 heterocycles. The standard InChI is InChI=1S/C13H13NO3/c1-2-3-7-17-12-10(13(15)16)8-9-5-4-6-11(9)14-12/h1,8H,3-7H2,(H,15,16). The third kappa shape index (κ3) is 2.39. The van der Waals surface area contributed by atoms with Crippen molar-refractivity contribution in [3.63, 3.8) is 0 Å². The molecule has 4 nitrogen and oxygen atoms in total. The molecule has 0 saturated heterocycles. The molecule has 0 amide bonds. The number of fused-ring (bicyclic) bond motifs is 1. The Morgan fingerprint density at radius 1 is 1.59 bits per heavy atom. The smallest absolute Gasteiger partial charge is 0.341 e. The van der Waals surface area contributed by atoms with E-state index in [4.69, 9.17) is 16.3 Å². The van der Waals surface area contributed by atoms with Crippen molar-refractivity contribution in [2.75, 3.05) is 6.61 Å². The second-order valence-corrected chi connectivity index (χ2v) is 3.91. The van der Waals surface area contributed by atoms with Crippen molar-refractivity contribution in [3.05, 3.63) is 22.9 Å². The van der Waals surface area contributed by atoms with E-state index in [9.17, 15) is 4.79 Å². The number of hydrogen-bond acceptors (Lipinski definition) is 3. The number of aromatic carboxylic acids is 1. The van der Waals surface area contributed by atoms with Crippen molar-refractivity contribution < 1.29 is 14.6 Å². The number of rotatable bonds is 4. The van der Waals surface area contributed by atoms with Crippen LogP contribution in [0.25, 0.3) is 0 Å². The first-order valence-corrected chi connectivity index (χ1v) is 5.54. The van der Waals surface area contributed by atoms with Crippen molar-refractivity contribution in [2.24, 2.45) is 0 Å². The molecule has 0 saturated carbocycles.